The van der Waals surface area contributed by atoms with Gasteiger partial charge in [-0.1, -0.05) is 12.1 Å². The summed E-state index contributed by atoms with van der Waals surface area (Å²) in [6.45, 7) is 7.16. The summed E-state index contributed by atoms with van der Waals surface area (Å²) in [7, 11) is 7.63. The lowest BCUT2D eigenvalue weighted by molar-refractivity contribution is 0.00989. The highest BCUT2D eigenvalue weighted by Crippen LogP contribution is 2.22. The zero-order valence-electron chi connectivity index (χ0n) is 19.4. The highest BCUT2D eigenvalue weighted by molar-refractivity contribution is 5.80. The first kappa shape index (κ1) is 24.4. The molecule has 1 N–H and O–H groups in total. The van der Waals surface area contributed by atoms with Gasteiger partial charge in [-0.15, -0.1) is 0 Å². The van der Waals surface area contributed by atoms with Crippen LogP contribution in [0.4, 0.5) is 0 Å². The normalized spacial score (nSPS) is 16.7. The molecule has 1 aromatic carbocycles. The van der Waals surface area contributed by atoms with Crippen molar-refractivity contribution >= 4 is 5.96 Å². The Morgan fingerprint density at radius 3 is 2.43 bits per heavy atom. The average Bonchev–Trinajstić information content (AvgIpc) is 2.77. The maximum Gasteiger partial charge on any atom is 0.193 e. The lowest BCUT2D eigenvalue weighted by Crippen LogP contribution is -2.47. The van der Waals surface area contributed by atoms with Crippen molar-refractivity contribution in [3.8, 4) is 5.75 Å². The molecular weight excluding hydrogens is 380 g/mol. The van der Waals surface area contributed by atoms with Gasteiger partial charge in [-0.25, -0.2) is 0 Å². The molecule has 7 nitrogen and oxygen atoms in total. The van der Waals surface area contributed by atoms with E-state index in [0.29, 0.717) is 12.6 Å². The Labute approximate surface area is 182 Å². The molecule has 0 amide bonds. The van der Waals surface area contributed by atoms with E-state index in [2.05, 4.69) is 48.3 Å². The van der Waals surface area contributed by atoms with Gasteiger partial charge in [0.15, 0.2) is 5.96 Å². The number of hydrogen-bond acceptors (Lipinski definition) is 5. The van der Waals surface area contributed by atoms with E-state index in [1.807, 2.05) is 12.1 Å². The number of aliphatic imine (C=N–C) groups is 1. The first-order valence-corrected chi connectivity index (χ1v) is 11.0. The van der Waals surface area contributed by atoms with E-state index in [9.17, 15) is 0 Å². The number of benzene rings is 1. The van der Waals surface area contributed by atoms with Crippen LogP contribution in [-0.4, -0.2) is 89.6 Å². The third kappa shape index (κ3) is 7.78. The molecule has 0 spiro atoms. The lowest BCUT2D eigenvalue weighted by Gasteiger charge is -2.34. The van der Waals surface area contributed by atoms with Crippen LogP contribution in [0.25, 0.3) is 0 Å². The molecule has 1 fully saturated rings. The van der Waals surface area contributed by atoms with Crippen molar-refractivity contribution < 1.29 is 14.2 Å². The monoisotopic (exact) mass is 420 g/mol. The molecule has 0 bridgehead atoms. The largest absolute Gasteiger partial charge is 0.497 e. The van der Waals surface area contributed by atoms with Gasteiger partial charge < -0.3 is 29.3 Å². The molecule has 0 radical (unpaired) electrons. The fourth-order valence-corrected chi connectivity index (χ4v) is 3.68. The van der Waals surface area contributed by atoms with Gasteiger partial charge in [-0.2, -0.15) is 0 Å². The predicted molar refractivity (Wildman–Crippen MR) is 122 cm³/mol. The lowest BCUT2D eigenvalue weighted by atomic mass is 10.1. The maximum atomic E-state index is 6.00. The Balaban J connectivity index is 1.95. The summed E-state index contributed by atoms with van der Waals surface area (Å²) in [5, 5.41) is 3.47. The number of ether oxygens (including phenoxy) is 3. The Kier molecular flexibility index (Phi) is 11.0. The van der Waals surface area contributed by atoms with Crippen molar-refractivity contribution in [2.75, 3.05) is 67.7 Å². The van der Waals surface area contributed by atoms with Gasteiger partial charge >= 0.3 is 0 Å². The number of rotatable bonds is 11. The van der Waals surface area contributed by atoms with E-state index in [4.69, 9.17) is 19.2 Å². The van der Waals surface area contributed by atoms with Crippen molar-refractivity contribution in [2.24, 2.45) is 4.99 Å². The van der Waals surface area contributed by atoms with E-state index in [-0.39, 0.29) is 6.04 Å². The molecule has 1 heterocycles. The number of nitrogens with one attached hydrogen (secondary N) is 1. The van der Waals surface area contributed by atoms with Gasteiger partial charge in [0.25, 0.3) is 0 Å². The number of likely N-dealkylation sites (tertiary alicyclic amines) is 1. The SMILES string of the molecule is CCNC(=NCC(c1ccc(OC)cc1)N(C)C)N1CCC(OCCCOC)CC1. The van der Waals surface area contributed by atoms with Gasteiger partial charge in [0.05, 0.1) is 25.8 Å². The Hall–Kier alpha value is -1.83. The molecule has 2 rings (SSSR count). The molecule has 1 aliphatic rings. The smallest absolute Gasteiger partial charge is 0.193 e. The van der Waals surface area contributed by atoms with E-state index >= 15 is 0 Å². The average molecular weight is 421 g/mol. The predicted octanol–water partition coefficient (Wildman–Crippen LogP) is 2.78. The zero-order chi connectivity index (χ0) is 21.8. The molecule has 170 valence electrons. The molecule has 0 saturated carbocycles. The number of nitrogens with zero attached hydrogens (tertiary/aromatic N) is 3. The van der Waals surface area contributed by atoms with Crippen molar-refractivity contribution in [3.63, 3.8) is 0 Å². The van der Waals surface area contributed by atoms with Crippen LogP contribution in [-0.2, 0) is 9.47 Å². The quantitative estimate of drug-likeness (QED) is 0.338. The standard InChI is InChI=1S/C23H40N4O3/c1-6-24-23(27-14-12-21(13-15-27)30-17-7-16-28-4)25-18-22(26(2)3)19-8-10-20(29-5)11-9-19/h8-11,21-22H,6-7,12-18H2,1-5H3,(H,24,25). The van der Waals surface area contributed by atoms with Gasteiger partial charge in [0.2, 0.25) is 0 Å². The van der Waals surface area contributed by atoms with Crippen molar-refractivity contribution in [3.05, 3.63) is 29.8 Å². The van der Waals surface area contributed by atoms with Crippen LogP contribution in [0.5, 0.6) is 5.75 Å². The van der Waals surface area contributed by atoms with Crippen LogP contribution in [0, 0.1) is 0 Å². The minimum atomic E-state index is 0.214. The third-order valence-electron chi connectivity index (χ3n) is 5.46. The minimum absolute atomic E-state index is 0.214. The van der Waals surface area contributed by atoms with E-state index in [1.165, 1.54) is 5.56 Å². The van der Waals surface area contributed by atoms with Crippen LogP contribution in [0.1, 0.15) is 37.8 Å². The van der Waals surface area contributed by atoms with E-state index in [1.54, 1.807) is 14.2 Å². The molecular formula is C23H40N4O3. The Morgan fingerprint density at radius 2 is 1.87 bits per heavy atom. The number of guanidine groups is 1. The van der Waals surface area contributed by atoms with Crippen LogP contribution >= 0.6 is 0 Å². The maximum absolute atomic E-state index is 6.00. The summed E-state index contributed by atoms with van der Waals surface area (Å²) in [5.74, 6) is 1.87. The van der Waals surface area contributed by atoms with Gasteiger partial charge in [0, 0.05) is 40.0 Å². The first-order chi connectivity index (χ1) is 14.6. The summed E-state index contributed by atoms with van der Waals surface area (Å²) in [6, 6.07) is 8.48. The third-order valence-corrected chi connectivity index (χ3v) is 5.46. The number of methoxy groups -OCH3 is 2. The Bertz CT molecular complexity index is 613. The summed E-state index contributed by atoms with van der Waals surface area (Å²) in [6.07, 6.45) is 3.37. The fraction of sp³-hybridized carbons (Fsp3) is 0.696. The summed E-state index contributed by atoms with van der Waals surface area (Å²) < 4.78 is 16.4. The van der Waals surface area contributed by atoms with Crippen molar-refractivity contribution in [2.45, 2.75) is 38.3 Å². The molecule has 7 heteroatoms. The summed E-state index contributed by atoms with van der Waals surface area (Å²) >= 11 is 0. The molecule has 1 saturated heterocycles. The van der Waals surface area contributed by atoms with Crippen LogP contribution in [0.3, 0.4) is 0 Å². The van der Waals surface area contributed by atoms with Gasteiger partial charge in [0.1, 0.15) is 5.75 Å². The Morgan fingerprint density at radius 1 is 1.17 bits per heavy atom. The van der Waals surface area contributed by atoms with Crippen LogP contribution in [0.2, 0.25) is 0 Å². The number of likely N-dealkylation sites (N-methyl/N-ethyl adjacent to an activating group) is 1. The molecule has 0 aliphatic carbocycles. The zero-order valence-corrected chi connectivity index (χ0v) is 19.4. The second-order valence-electron chi connectivity index (χ2n) is 7.85. The van der Waals surface area contributed by atoms with Crippen LogP contribution < -0.4 is 10.1 Å². The molecule has 1 unspecified atom stereocenters. The van der Waals surface area contributed by atoms with E-state index in [0.717, 1.165) is 63.8 Å². The molecule has 30 heavy (non-hydrogen) atoms. The van der Waals surface area contributed by atoms with Crippen LogP contribution in [0.15, 0.2) is 29.3 Å². The molecule has 0 aromatic heterocycles. The van der Waals surface area contributed by atoms with Gasteiger partial charge in [-0.3, -0.25) is 4.99 Å². The summed E-state index contributed by atoms with van der Waals surface area (Å²) in [4.78, 5) is 9.57. The summed E-state index contributed by atoms with van der Waals surface area (Å²) in [5.41, 5.74) is 1.24. The molecule has 1 aromatic rings. The highest BCUT2D eigenvalue weighted by Gasteiger charge is 2.22. The highest BCUT2D eigenvalue weighted by atomic mass is 16.5. The number of piperidine rings is 1. The molecule has 1 aliphatic heterocycles. The first-order valence-electron chi connectivity index (χ1n) is 11.0. The topological polar surface area (TPSA) is 58.6 Å². The van der Waals surface area contributed by atoms with Crippen molar-refractivity contribution in [1.29, 1.82) is 0 Å². The second-order valence-corrected chi connectivity index (χ2v) is 7.85. The van der Waals surface area contributed by atoms with Crippen molar-refractivity contribution in [1.82, 2.24) is 15.1 Å². The second kappa shape index (κ2) is 13.5. The minimum Gasteiger partial charge on any atom is -0.497 e. The molecule has 1 atom stereocenters. The number of hydrogen-bond donors (Lipinski definition) is 1. The van der Waals surface area contributed by atoms with E-state index < -0.39 is 0 Å². The van der Waals surface area contributed by atoms with Gasteiger partial charge in [-0.05, 0) is 58.0 Å². The fourth-order valence-electron chi connectivity index (χ4n) is 3.68.